The lowest BCUT2D eigenvalue weighted by atomic mass is 9.77. The number of aliphatic carboxylic acids is 1. The van der Waals surface area contributed by atoms with Crippen LogP contribution < -0.4 is 0 Å². The van der Waals surface area contributed by atoms with Gasteiger partial charge in [0.15, 0.2) is 0 Å². The Labute approximate surface area is 97.3 Å². The summed E-state index contributed by atoms with van der Waals surface area (Å²) in [7, 11) is 0. The van der Waals surface area contributed by atoms with Crippen molar-refractivity contribution in [2.45, 2.75) is 34.1 Å². The second-order valence-corrected chi connectivity index (χ2v) is 5.39. The maximum absolute atomic E-state index is 11.3. The second kappa shape index (κ2) is 4.69. The minimum Gasteiger partial charge on any atom is -0.481 e. The quantitative estimate of drug-likeness (QED) is 0.848. The molecule has 0 radical (unpaired) electrons. The van der Waals surface area contributed by atoms with Gasteiger partial charge in [-0.1, -0.05) is 45.0 Å². The number of benzene rings is 1. The van der Waals surface area contributed by atoms with Crippen molar-refractivity contribution in [1.82, 2.24) is 0 Å². The molecular weight excluding hydrogens is 200 g/mol. The molecule has 1 rings (SSSR count). The van der Waals surface area contributed by atoms with Crippen LogP contribution in [-0.2, 0) is 11.2 Å². The first-order chi connectivity index (χ1) is 7.32. The molecule has 2 nitrogen and oxygen atoms in total. The molecule has 2 heteroatoms. The molecule has 0 bridgehead atoms. The van der Waals surface area contributed by atoms with Gasteiger partial charge in [0, 0.05) is 0 Å². The maximum Gasteiger partial charge on any atom is 0.307 e. The van der Waals surface area contributed by atoms with Gasteiger partial charge in [-0.05, 0) is 29.9 Å². The zero-order valence-electron chi connectivity index (χ0n) is 10.4. The highest BCUT2D eigenvalue weighted by Gasteiger charge is 2.31. The molecule has 0 heterocycles. The standard InChI is InChI=1S/C14H20O2/c1-10-7-5-6-8-11(10)9-12(13(15)16)14(2,3)4/h5-8,12H,9H2,1-4H3,(H,15,16). The number of carboxylic acids is 1. The number of hydrogen-bond donors (Lipinski definition) is 1. The first kappa shape index (κ1) is 12.8. The fourth-order valence-electron chi connectivity index (χ4n) is 1.82. The van der Waals surface area contributed by atoms with E-state index in [1.807, 2.05) is 52.0 Å². The van der Waals surface area contributed by atoms with Crippen LogP contribution in [0.4, 0.5) is 0 Å². The fourth-order valence-corrected chi connectivity index (χ4v) is 1.82. The van der Waals surface area contributed by atoms with Crippen LogP contribution >= 0.6 is 0 Å². The molecule has 0 fully saturated rings. The summed E-state index contributed by atoms with van der Waals surface area (Å²) in [5.74, 6) is -1.05. The molecule has 1 atom stereocenters. The summed E-state index contributed by atoms with van der Waals surface area (Å²) in [6.07, 6.45) is 0.603. The Morgan fingerprint density at radius 1 is 1.31 bits per heavy atom. The van der Waals surface area contributed by atoms with Gasteiger partial charge < -0.3 is 5.11 Å². The largest absolute Gasteiger partial charge is 0.481 e. The van der Waals surface area contributed by atoms with E-state index in [9.17, 15) is 9.90 Å². The van der Waals surface area contributed by atoms with E-state index in [-0.39, 0.29) is 11.3 Å². The van der Waals surface area contributed by atoms with E-state index in [1.54, 1.807) is 0 Å². The lowest BCUT2D eigenvalue weighted by Crippen LogP contribution is -2.30. The molecule has 0 saturated carbocycles. The van der Waals surface area contributed by atoms with Gasteiger partial charge >= 0.3 is 5.97 Å². The van der Waals surface area contributed by atoms with Gasteiger partial charge in [0.25, 0.3) is 0 Å². The van der Waals surface area contributed by atoms with E-state index >= 15 is 0 Å². The Bertz CT molecular complexity index is 375. The molecule has 0 spiro atoms. The van der Waals surface area contributed by atoms with Crippen LogP contribution in [0.25, 0.3) is 0 Å². The summed E-state index contributed by atoms with van der Waals surface area (Å²) in [4.78, 5) is 11.3. The topological polar surface area (TPSA) is 37.3 Å². The lowest BCUT2D eigenvalue weighted by molar-refractivity contribution is -0.145. The number of rotatable bonds is 3. The molecule has 0 saturated heterocycles. The molecule has 0 amide bonds. The SMILES string of the molecule is Cc1ccccc1CC(C(=O)O)C(C)(C)C. The average molecular weight is 220 g/mol. The van der Waals surface area contributed by atoms with Crippen molar-refractivity contribution in [3.63, 3.8) is 0 Å². The monoisotopic (exact) mass is 220 g/mol. The predicted octanol–water partition coefficient (Wildman–Crippen LogP) is 3.28. The molecule has 0 aromatic heterocycles. The summed E-state index contributed by atoms with van der Waals surface area (Å²) in [5.41, 5.74) is 2.08. The summed E-state index contributed by atoms with van der Waals surface area (Å²) in [5, 5.41) is 9.26. The van der Waals surface area contributed by atoms with Crippen molar-refractivity contribution in [2.75, 3.05) is 0 Å². The Balaban J connectivity index is 2.94. The molecule has 0 aliphatic heterocycles. The van der Waals surface area contributed by atoms with E-state index < -0.39 is 5.97 Å². The number of aryl methyl sites for hydroxylation is 1. The highest BCUT2D eigenvalue weighted by atomic mass is 16.4. The number of hydrogen-bond acceptors (Lipinski definition) is 1. The molecule has 1 N–H and O–H groups in total. The number of carbonyl (C=O) groups is 1. The molecular formula is C14H20O2. The van der Waals surface area contributed by atoms with Gasteiger partial charge in [-0.25, -0.2) is 0 Å². The zero-order valence-corrected chi connectivity index (χ0v) is 10.4. The molecule has 1 unspecified atom stereocenters. The molecule has 16 heavy (non-hydrogen) atoms. The molecule has 0 aliphatic rings. The van der Waals surface area contributed by atoms with Gasteiger partial charge in [0.05, 0.1) is 5.92 Å². The predicted molar refractivity (Wildman–Crippen MR) is 65.5 cm³/mol. The minimum absolute atomic E-state index is 0.214. The van der Waals surface area contributed by atoms with Crippen LogP contribution in [0.3, 0.4) is 0 Å². The van der Waals surface area contributed by atoms with Crippen LogP contribution in [0, 0.1) is 18.3 Å². The van der Waals surface area contributed by atoms with Gasteiger partial charge in [-0.2, -0.15) is 0 Å². The van der Waals surface area contributed by atoms with Crippen molar-refractivity contribution < 1.29 is 9.90 Å². The Morgan fingerprint density at radius 3 is 2.31 bits per heavy atom. The van der Waals surface area contributed by atoms with Gasteiger partial charge in [0.1, 0.15) is 0 Å². The van der Waals surface area contributed by atoms with Gasteiger partial charge in [-0.15, -0.1) is 0 Å². The minimum atomic E-state index is -0.712. The first-order valence-electron chi connectivity index (χ1n) is 5.59. The smallest absolute Gasteiger partial charge is 0.307 e. The molecule has 1 aromatic rings. The van der Waals surface area contributed by atoms with Crippen LogP contribution in [0.15, 0.2) is 24.3 Å². The Kier molecular flexibility index (Phi) is 3.74. The third kappa shape index (κ3) is 3.09. The Morgan fingerprint density at radius 2 is 1.88 bits per heavy atom. The van der Waals surface area contributed by atoms with Crippen LogP contribution in [0.2, 0.25) is 0 Å². The van der Waals surface area contributed by atoms with Crippen molar-refractivity contribution in [3.05, 3.63) is 35.4 Å². The Hall–Kier alpha value is -1.31. The van der Waals surface area contributed by atoms with Gasteiger partial charge in [0.2, 0.25) is 0 Å². The lowest BCUT2D eigenvalue weighted by Gasteiger charge is -2.27. The molecule has 88 valence electrons. The van der Waals surface area contributed by atoms with Crippen molar-refractivity contribution in [1.29, 1.82) is 0 Å². The number of carboxylic acid groups (broad SMARTS) is 1. The molecule has 1 aromatic carbocycles. The normalized spacial score (nSPS) is 13.5. The highest BCUT2D eigenvalue weighted by molar-refractivity contribution is 5.71. The van der Waals surface area contributed by atoms with Crippen LogP contribution in [0.5, 0.6) is 0 Å². The summed E-state index contributed by atoms with van der Waals surface area (Å²) >= 11 is 0. The van der Waals surface area contributed by atoms with E-state index in [2.05, 4.69) is 0 Å². The summed E-state index contributed by atoms with van der Waals surface area (Å²) < 4.78 is 0. The van der Waals surface area contributed by atoms with Crippen molar-refractivity contribution in [2.24, 2.45) is 11.3 Å². The van der Waals surface area contributed by atoms with Crippen molar-refractivity contribution >= 4 is 5.97 Å². The highest BCUT2D eigenvalue weighted by Crippen LogP contribution is 2.30. The second-order valence-electron chi connectivity index (χ2n) is 5.39. The van der Waals surface area contributed by atoms with E-state index in [0.29, 0.717) is 6.42 Å². The van der Waals surface area contributed by atoms with E-state index in [1.165, 1.54) is 0 Å². The third-order valence-electron chi connectivity index (χ3n) is 3.03. The first-order valence-corrected chi connectivity index (χ1v) is 5.59. The van der Waals surface area contributed by atoms with Crippen LogP contribution in [0.1, 0.15) is 31.9 Å². The average Bonchev–Trinajstić information content (AvgIpc) is 2.14. The van der Waals surface area contributed by atoms with E-state index in [4.69, 9.17) is 0 Å². The summed E-state index contributed by atoms with van der Waals surface area (Å²) in [6.45, 7) is 7.95. The van der Waals surface area contributed by atoms with Crippen LogP contribution in [-0.4, -0.2) is 11.1 Å². The van der Waals surface area contributed by atoms with Gasteiger partial charge in [-0.3, -0.25) is 4.79 Å². The molecule has 0 aliphatic carbocycles. The summed E-state index contributed by atoms with van der Waals surface area (Å²) in [6, 6.07) is 7.98. The van der Waals surface area contributed by atoms with Crippen molar-refractivity contribution in [3.8, 4) is 0 Å². The maximum atomic E-state index is 11.3. The zero-order chi connectivity index (χ0) is 12.3. The third-order valence-corrected chi connectivity index (χ3v) is 3.03. The van der Waals surface area contributed by atoms with E-state index in [0.717, 1.165) is 11.1 Å². The fraction of sp³-hybridized carbons (Fsp3) is 0.500.